The van der Waals surface area contributed by atoms with Crippen LogP contribution in [0.25, 0.3) is 0 Å². The zero-order chi connectivity index (χ0) is 34.5. The van der Waals surface area contributed by atoms with Crippen LogP contribution < -0.4 is 20.2 Å². The van der Waals surface area contributed by atoms with E-state index in [1.54, 1.807) is 9.80 Å². The van der Waals surface area contributed by atoms with Gasteiger partial charge in [0.05, 0.1) is 39.7 Å². The molecule has 2 aliphatic rings. The molecule has 1 N–H and O–H groups in total. The number of carbonyl (C=O) groups is 2. The monoisotopic (exact) mass is 674 g/mol. The SMILES string of the molecule is N#Cc1cncc(N(NC(=O)c2cc(C(F)(F)F)cnc2N2CCCCCC2)C(=O)c2cc(C(F)(F)F)cnc2N2CCCCCC2)c1. The summed E-state index contributed by atoms with van der Waals surface area (Å²) in [4.78, 5) is 43.7. The maximum absolute atomic E-state index is 14.4. The van der Waals surface area contributed by atoms with E-state index in [1.807, 2.05) is 6.07 Å². The Kier molecular flexibility index (Phi) is 10.4. The van der Waals surface area contributed by atoms with Crippen LogP contribution in [0.1, 0.15) is 88.8 Å². The van der Waals surface area contributed by atoms with Crippen LogP contribution in [0.15, 0.2) is 43.0 Å². The highest BCUT2D eigenvalue weighted by Gasteiger charge is 2.37. The van der Waals surface area contributed by atoms with Crippen molar-refractivity contribution in [2.45, 2.75) is 63.7 Å². The molecule has 0 saturated carbocycles. The third-order valence-electron chi connectivity index (χ3n) is 8.20. The molecule has 10 nitrogen and oxygen atoms in total. The quantitative estimate of drug-likeness (QED) is 0.240. The molecule has 5 rings (SSSR count). The van der Waals surface area contributed by atoms with Crippen LogP contribution in [-0.2, 0) is 12.4 Å². The second-order valence-electron chi connectivity index (χ2n) is 11.6. The van der Waals surface area contributed by atoms with E-state index >= 15 is 0 Å². The highest BCUT2D eigenvalue weighted by atomic mass is 19.4. The molecule has 0 unspecified atom stereocenters. The van der Waals surface area contributed by atoms with Gasteiger partial charge in [-0.1, -0.05) is 25.7 Å². The van der Waals surface area contributed by atoms with Gasteiger partial charge < -0.3 is 9.80 Å². The van der Waals surface area contributed by atoms with Crippen molar-refractivity contribution in [1.82, 2.24) is 20.4 Å². The average molecular weight is 675 g/mol. The Balaban J connectivity index is 1.63. The van der Waals surface area contributed by atoms with E-state index in [0.29, 0.717) is 81.4 Å². The summed E-state index contributed by atoms with van der Waals surface area (Å²) in [7, 11) is 0. The molecule has 2 fully saturated rings. The van der Waals surface area contributed by atoms with Crippen molar-refractivity contribution in [3.63, 3.8) is 0 Å². The first kappa shape index (κ1) is 34.4. The Bertz CT molecular complexity index is 1670. The van der Waals surface area contributed by atoms with Gasteiger partial charge in [-0.15, -0.1) is 0 Å². The molecule has 5 heterocycles. The molecule has 0 bridgehead atoms. The van der Waals surface area contributed by atoms with Crippen molar-refractivity contribution in [2.24, 2.45) is 0 Å². The summed E-state index contributed by atoms with van der Waals surface area (Å²) >= 11 is 0. The van der Waals surface area contributed by atoms with Gasteiger partial charge >= 0.3 is 12.4 Å². The molecule has 2 amide bonds. The lowest BCUT2D eigenvalue weighted by Crippen LogP contribution is -2.48. The number of halogens is 6. The number of rotatable bonds is 5. The molecule has 3 aromatic heterocycles. The molecule has 254 valence electrons. The maximum Gasteiger partial charge on any atom is 0.417 e. The second-order valence-corrected chi connectivity index (χ2v) is 11.6. The topological polar surface area (TPSA) is 118 Å². The fourth-order valence-electron chi connectivity index (χ4n) is 5.74. The van der Waals surface area contributed by atoms with Crippen LogP contribution in [0.3, 0.4) is 0 Å². The molecule has 3 aromatic rings. The number of hydrogen-bond acceptors (Lipinski definition) is 8. The van der Waals surface area contributed by atoms with Crippen molar-refractivity contribution in [3.05, 3.63) is 70.8 Å². The van der Waals surface area contributed by atoms with E-state index in [9.17, 15) is 41.2 Å². The number of aromatic nitrogens is 3. The largest absolute Gasteiger partial charge is 0.417 e. The van der Waals surface area contributed by atoms with Crippen LogP contribution in [0.2, 0.25) is 0 Å². The molecule has 0 radical (unpaired) electrons. The molecule has 2 saturated heterocycles. The van der Waals surface area contributed by atoms with Crippen molar-refractivity contribution in [1.29, 1.82) is 5.26 Å². The number of pyridine rings is 3. The van der Waals surface area contributed by atoms with Gasteiger partial charge in [0, 0.05) is 44.8 Å². The summed E-state index contributed by atoms with van der Waals surface area (Å²) in [6.45, 7) is 1.66. The molecule has 0 aromatic carbocycles. The molecular weight excluding hydrogens is 642 g/mol. The standard InChI is InChI=1S/C32H32F6N8O2/c33-31(34,35)22-14-25(27(41-18-22)44-9-5-1-2-6-10-44)29(47)43-46(24-13-21(16-39)17-40-20-24)30(48)26-15-23(32(36,37)38)19-42-28(26)45-11-7-3-4-8-12-45/h13-15,17-20H,1-12H2,(H,43,47). The van der Waals surface area contributed by atoms with Gasteiger partial charge in [-0.25, -0.2) is 15.0 Å². The van der Waals surface area contributed by atoms with Gasteiger partial charge in [0.25, 0.3) is 11.8 Å². The summed E-state index contributed by atoms with van der Waals surface area (Å²) in [5, 5.41) is 10.1. The molecule has 2 aliphatic heterocycles. The maximum atomic E-state index is 14.4. The van der Waals surface area contributed by atoms with Crippen molar-refractivity contribution < 1.29 is 35.9 Å². The zero-order valence-electron chi connectivity index (χ0n) is 25.7. The first-order valence-corrected chi connectivity index (χ1v) is 15.5. The Morgan fingerprint density at radius 3 is 1.67 bits per heavy atom. The highest BCUT2D eigenvalue weighted by Crippen LogP contribution is 2.35. The third kappa shape index (κ3) is 7.95. The minimum Gasteiger partial charge on any atom is -0.356 e. The Labute approximate surface area is 272 Å². The molecule has 48 heavy (non-hydrogen) atoms. The molecule has 0 atom stereocenters. The molecule has 16 heteroatoms. The third-order valence-corrected chi connectivity index (χ3v) is 8.20. The van der Waals surface area contributed by atoms with Crippen molar-refractivity contribution in [2.75, 3.05) is 41.0 Å². The summed E-state index contributed by atoms with van der Waals surface area (Å²) < 4.78 is 83.2. The van der Waals surface area contributed by atoms with Crippen molar-refractivity contribution in [3.8, 4) is 6.07 Å². The normalized spacial score (nSPS) is 16.0. The van der Waals surface area contributed by atoms with E-state index in [0.717, 1.165) is 44.1 Å². The van der Waals surface area contributed by atoms with Crippen LogP contribution in [0, 0.1) is 11.3 Å². The minimum absolute atomic E-state index is 0.0373. The van der Waals surface area contributed by atoms with Crippen LogP contribution in [0.4, 0.5) is 43.7 Å². The number of nitriles is 1. The van der Waals surface area contributed by atoms with E-state index < -0.39 is 46.4 Å². The van der Waals surface area contributed by atoms with E-state index in [2.05, 4.69) is 20.4 Å². The average Bonchev–Trinajstić information content (AvgIpc) is 3.52. The number of amides is 2. The van der Waals surface area contributed by atoms with Gasteiger partial charge in [0.1, 0.15) is 17.7 Å². The van der Waals surface area contributed by atoms with Gasteiger partial charge in [0.2, 0.25) is 0 Å². The fourth-order valence-corrected chi connectivity index (χ4v) is 5.74. The van der Waals surface area contributed by atoms with E-state index in [1.165, 1.54) is 0 Å². The first-order chi connectivity index (χ1) is 22.9. The zero-order valence-corrected chi connectivity index (χ0v) is 25.7. The Morgan fingerprint density at radius 1 is 0.708 bits per heavy atom. The highest BCUT2D eigenvalue weighted by molar-refractivity contribution is 6.12. The number of nitrogens with one attached hydrogen (secondary N) is 1. The second kappa shape index (κ2) is 14.4. The summed E-state index contributed by atoms with van der Waals surface area (Å²) in [6.07, 6.45) is 0.114. The summed E-state index contributed by atoms with van der Waals surface area (Å²) in [5.41, 5.74) is -1.40. The molecule has 0 aliphatic carbocycles. The van der Waals surface area contributed by atoms with Crippen LogP contribution >= 0.6 is 0 Å². The number of hydrogen-bond donors (Lipinski definition) is 1. The van der Waals surface area contributed by atoms with Crippen LogP contribution in [-0.4, -0.2) is 52.9 Å². The number of carbonyl (C=O) groups excluding carboxylic acids is 2. The summed E-state index contributed by atoms with van der Waals surface area (Å²) in [6, 6.07) is 4.27. The molecular formula is C32H32F6N8O2. The van der Waals surface area contributed by atoms with Gasteiger partial charge in [-0.05, 0) is 43.9 Å². The Hall–Kier alpha value is -4.94. The number of hydrazine groups is 1. The van der Waals surface area contributed by atoms with Gasteiger partial charge in [-0.3, -0.25) is 20.0 Å². The van der Waals surface area contributed by atoms with Gasteiger partial charge in [0.15, 0.2) is 0 Å². The number of alkyl halides is 6. The van der Waals surface area contributed by atoms with Crippen LogP contribution in [0.5, 0.6) is 0 Å². The van der Waals surface area contributed by atoms with Crippen molar-refractivity contribution >= 4 is 29.1 Å². The lowest BCUT2D eigenvalue weighted by atomic mass is 10.1. The minimum atomic E-state index is -4.87. The predicted octanol–water partition coefficient (Wildman–Crippen LogP) is 6.53. The number of anilines is 3. The summed E-state index contributed by atoms with van der Waals surface area (Å²) in [5.74, 6) is -2.44. The lowest BCUT2D eigenvalue weighted by Gasteiger charge is -2.29. The molecule has 0 spiro atoms. The Morgan fingerprint density at radius 2 is 1.19 bits per heavy atom. The van der Waals surface area contributed by atoms with Gasteiger partial charge in [-0.2, -0.15) is 31.6 Å². The number of nitrogens with zero attached hydrogens (tertiary/aromatic N) is 7. The van der Waals surface area contributed by atoms with E-state index in [4.69, 9.17) is 0 Å². The fraction of sp³-hybridized carbons (Fsp3) is 0.438. The van der Waals surface area contributed by atoms with E-state index in [-0.39, 0.29) is 22.9 Å². The predicted molar refractivity (Wildman–Crippen MR) is 163 cm³/mol. The lowest BCUT2D eigenvalue weighted by molar-refractivity contribution is -0.138. The first-order valence-electron chi connectivity index (χ1n) is 15.5. The smallest absolute Gasteiger partial charge is 0.356 e.